The van der Waals surface area contributed by atoms with Crippen LogP contribution in [0.3, 0.4) is 0 Å². The molecule has 0 heterocycles. The zero-order chi connectivity index (χ0) is 10.7. The van der Waals surface area contributed by atoms with Crippen molar-refractivity contribution in [1.29, 1.82) is 0 Å². The van der Waals surface area contributed by atoms with E-state index in [-0.39, 0.29) is 5.75 Å². The van der Waals surface area contributed by atoms with Crippen LogP contribution in [-0.2, 0) is 4.79 Å². The number of allylic oxidation sites excluding steroid dienone is 2. The molecule has 0 aromatic heterocycles. The highest BCUT2D eigenvalue weighted by Crippen LogP contribution is 2.23. The smallest absolute Gasteiger partial charge is 0.146 e. The standard InChI is InChI=1S/C12H14O2/c1-8-6-11(4-5-12(8)14)10(3)9(2)7-13/h4-7,14H,1-3H3/b10-9+. The first-order valence-corrected chi connectivity index (χ1v) is 4.49. The van der Waals surface area contributed by atoms with Gasteiger partial charge in [-0.1, -0.05) is 6.07 Å². The third-order valence-corrected chi connectivity index (χ3v) is 2.40. The predicted molar refractivity (Wildman–Crippen MR) is 57.2 cm³/mol. The number of rotatable bonds is 2. The number of aldehydes is 1. The van der Waals surface area contributed by atoms with Crippen molar-refractivity contribution in [2.75, 3.05) is 0 Å². The van der Waals surface area contributed by atoms with Crippen molar-refractivity contribution >= 4 is 11.9 Å². The van der Waals surface area contributed by atoms with Crippen LogP contribution in [0.25, 0.3) is 5.57 Å². The minimum Gasteiger partial charge on any atom is -0.508 e. The van der Waals surface area contributed by atoms with Gasteiger partial charge in [-0.05, 0) is 55.2 Å². The van der Waals surface area contributed by atoms with E-state index in [2.05, 4.69) is 0 Å². The van der Waals surface area contributed by atoms with Crippen molar-refractivity contribution < 1.29 is 9.90 Å². The first kappa shape index (κ1) is 10.5. The Morgan fingerprint density at radius 3 is 2.50 bits per heavy atom. The van der Waals surface area contributed by atoms with Crippen molar-refractivity contribution in [3.63, 3.8) is 0 Å². The molecule has 1 rings (SSSR count). The molecule has 1 aromatic rings. The summed E-state index contributed by atoms with van der Waals surface area (Å²) in [6.07, 6.45) is 0.845. The highest BCUT2D eigenvalue weighted by molar-refractivity contribution is 5.86. The van der Waals surface area contributed by atoms with Crippen molar-refractivity contribution in [3.05, 3.63) is 34.9 Å². The number of aromatic hydroxyl groups is 1. The van der Waals surface area contributed by atoms with E-state index in [0.717, 1.165) is 28.6 Å². The average Bonchev–Trinajstić information content (AvgIpc) is 2.20. The van der Waals surface area contributed by atoms with Crippen molar-refractivity contribution in [2.24, 2.45) is 0 Å². The number of aryl methyl sites for hydroxylation is 1. The zero-order valence-electron chi connectivity index (χ0n) is 8.66. The van der Waals surface area contributed by atoms with E-state index in [9.17, 15) is 9.90 Å². The van der Waals surface area contributed by atoms with Gasteiger partial charge in [0.05, 0.1) is 0 Å². The lowest BCUT2D eigenvalue weighted by atomic mass is 10.0. The molecule has 0 amide bonds. The van der Waals surface area contributed by atoms with E-state index in [1.54, 1.807) is 13.0 Å². The molecule has 0 aliphatic carbocycles. The molecule has 74 valence electrons. The number of benzene rings is 1. The fourth-order valence-electron chi connectivity index (χ4n) is 1.20. The molecule has 1 N–H and O–H groups in total. The molecule has 2 nitrogen and oxygen atoms in total. The van der Waals surface area contributed by atoms with Crippen molar-refractivity contribution in [3.8, 4) is 5.75 Å². The molecule has 1 aromatic carbocycles. The minimum absolute atomic E-state index is 0.283. The van der Waals surface area contributed by atoms with Gasteiger partial charge in [0.2, 0.25) is 0 Å². The number of carbonyl (C=O) groups is 1. The van der Waals surface area contributed by atoms with Gasteiger partial charge in [0.15, 0.2) is 0 Å². The molecule has 0 saturated heterocycles. The Kier molecular flexibility index (Phi) is 3.07. The molecular weight excluding hydrogens is 176 g/mol. The van der Waals surface area contributed by atoms with Crippen LogP contribution in [0.4, 0.5) is 0 Å². The van der Waals surface area contributed by atoms with Crippen LogP contribution in [0.15, 0.2) is 23.8 Å². The SMILES string of the molecule is C/C(C=O)=C(/C)c1ccc(O)c(C)c1. The van der Waals surface area contributed by atoms with Crippen LogP contribution in [-0.4, -0.2) is 11.4 Å². The van der Waals surface area contributed by atoms with E-state index >= 15 is 0 Å². The topological polar surface area (TPSA) is 37.3 Å². The maximum Gasteiger partial charge on any atom is 0.146 e. The molecule has 14 heavy (non-hydrogen) atoms. The van der Waals surface area contributed by atoms with E-state index in [1.807, 2.05) is 26.0 Å². The van der Waals surface area contributed by atoms with Crippen LogP contribution in [0.1, 0.15) is 25.0 Å². The molecule has 0 radical (unpaired) electrons. The lowest BCUT2D eigenvalue weighted by Gasteiger charge is -2.05. The van der Waals surface area contributed by atoms with Crippen molar-refractivity contribution in [2.45, 2.75) is 20.8 Å². The minimum atomic E-state index is 0.283. The summed E-state index contributed by atoms with van der Waals surface area (Å²) in [4.78, 5) is 10.6. The number of hydrogen-bond donors (Lipinski definition) is 1. The van der Waals surface area contributed by atoms with Gasteiger partial charge in [0.25, 0.3) is 0 Å². The van der Waals surface area contributed by atoms with E-state index in [0.29, 0.717) is 0 Å². The summed E-state index contributed by atoms with van der Waals surface area (Å²) in [5.41, 5.74) is 3.46. The van der Waals surface area contributed by atoms with Gasteiger partial charge < -0.3 is 5.11 Å². The molecule has 2 heteroatoms. The van der Waals surface area contributed by atoms with E-state index < -0.39 is 0 Å². The van der Waals surface area contributed by atoms with Gasteiger partial charge in [0, 0.05) is 0 Å². The Morgan fingerprint density at radius 1 is 1.36 bits per heavy atom. The number of phenols is 1. The van der Waals surface area contributed by atoms with Crippen LogP contribution in [0.2, 0.25) is 0 Å². The molecule has 0 unspecified atom stereocenters. The largest absolute Gasteiger partial charge is 0.508 e. The summed E-state index contributed by atoms with van der Waals surface area (Å²) < 4.78 is 0. The summed E-state index contributed by atoms with van der Waals surface area (Å²) in [6.45, 7) is 5.52. The quantitative estimate of drug-likeness (QED) is 0.575. The fraction of sp³-hybridized carbons (Fsp3) is 0.250. The second kappa shape index (κ2) is 4.09. The van der Waals surface area contributed by atoms with Crippen LogP contribution >= 0.6 is 0 Å². The first-order chi connectivity index (χ1) is 6.56. The van der Waals surface area contributed by atoms with Gasteiger partial charge in [-0.15, -0.1) is 0 Å². The molecule has 0 atom stereocenters. The Hall–Kier alpha value is -1.57. The van der Waals surface area contributed by atoms with Crippen LogP contribution in [0, 0.1) is 6.92 Å². The molecule has 0 bridgehead atoms. The van der Waals surface area contributed by atoms with Gasteiger partial charge in [0.1, 0.15) is 12.0 Å². The Balaban J connectivity index is 3.21. The molecule has 0 saturated carbocycles. The third kappa shape index (κ3) is 2.02. The third-order valence-electron chi connectivity index (χ3n) is 2.40. The number of phenolic OH excluding ortho intramolecular Hbond substituents is 1. The average molecular weight is 190 g/mol. The summed E-state index contributed by atoms with van der Waals surface area (Å²) in [5, 5.41) is 9.34. The van der Waals surface area contributed by atoms with Crippen LogP contribution < -0.4 is 0 Å². The number of carbonyl (C=O) groups excluding carboxylic acids is 1. The fourth-order valence-corrected chi connectivity index (χ4v) is 1.20. The van der Waals surface area contributed by atoms with Crippen LogP contribution in [0.5, 0.6) is 5.75 Å². The Labute approximate surface area is 83.9 Å². The maximum atomic E-state index is 10.6. The Morgan fingerprint density at radius 2 is 2.00 bits per heavy atom. The second-order valence-electron chi connectivity index (χ2n) is 3.43. The van der Waals surface area contributed by atoms with Gasteiger partial charge in [-0.3, -0.25) is 4.79 Å². The highest BCUT2D eigenvalue weighted by atomic mass is 16.3. The monoisotopic (exact) mass is 190 g/mol. The number of hydrogen-bond acceptors (Lipinski definition) is 2. The zero-order valence-corrected chi connectivity index (χ0v) is 8.66. The molecule has 0 fully saturated rings. The Bertz CT molecular complexity index is 389. The highest BCUT2D eigenvalue weighted by Gasteiger charge is 2.02. The van der Waals surface area contributed by atoms with Gasteiger partial charge >= 0.3 is 0 Å². The second-order valence-corrected chi connectivity index (χ2v) is 3.43. The predicted octanol–water partition coefficient (Wildman–Crippen LogP) is 2.69. The van der Waals surface area contributed by atoms with Gasteiger partial charge in [-0.2, -0.15) is 0 Å². The molecule has 0 aliphatic heterocycles. The summed E-state index contributed by atoms with van der Waals surface area (Å²) in [7, 11) is 0. The van der Waals surface area contributed by atoms with Gasteiger partial charge in [-0.25, -0.2) is 0 Å². The lowest BCUT2D eigenvalue weighted by Crippen LogP contribution is -1.87. The molecular formula is C12H14O2. The maximum absolute atomic E-state index is 10.6. The summed E-state index contributed by atoms with van der Waals surface area (Å²) in [5.74, 6) is 0.283. The lowest BCUT2D eigenvalue weighted by molar-refractivity contribution is -0.104. The molecule has 0 spiro atoms. The first-order valence-electron chi connectivity index (χ1n) is 4.49. The van der Waals surface area contributed by atoms with E-state index in [4.69, 9.17) is 0 Å². The summed E-state index contributed by atoms with van der Waals surface area (Å²) >= 11 is 0. The molecule has 0 aliphatic rings. The van der Waals surface area contributed by atoms with E-state index in [1.165, 1.54) is 0 Å². The summed E-state index contributed by atoms with van der Waals surface area (Å²) in [6, 6.07) is 5.33. The van der Waals surface area contributed by atoms with Crippen molar-refractivity contribution in [1.82, 2.24) is 0 Å². The normalized spacial score (nSPS) is 12.2.